The van der Waals surface area contributed by atoms with Gasteiger partial charge >= 0.3 is 6.09 Å². The molecule has 0 aliphatic rings. The van der Waals surface area contributed by atoms with E-state index in [1.807, 2.05) is 18.2 Å². The largest absolute Gasteiger partial charge is 0.494 e. The van der Waals surface area contributed by atoms with E-state index >= 15 is 0 Å². The van der Waals surface area contributed by atoms with Crippen molar-refractivity contribution >= 4 is 45.0 Å². The van der Waals surface area contributed by atoms with Crippen LogP contribution in [0.2, 0.25) is 0 Å². The second kappa shape index (κ2) is 8.12. The van der Waals surface area contributed by atoms with Crippen LogP contribution >= 0.6 is 15.9 Å². The van der Waals surface area contributed by atoms with Crippen LogP contribution in [0.4, 0.5) is 16.3 Å². The second-order valence-electron chi connectivity index (χ2n) is 7.19. The van der Waals surface area contributed by atoms with Gasteiger partial charge in [0.25, 0.3) is 5.91 Å². The molecule has 1 aromatic carbocycles. The molecule has 2 amide bonds. The fraction of sp³-hybridized carbons (Fsp3) is 0.250. The second-order valence-corrected chi connectivity index (χ2v) is 8.11. The number of halogens is 1. The lowest BCUT2D eigenvalue weighted by Crippen LogP contribution is -2.28. The van der Waals surface area contributed by atoms with Crippen LogP contribution in [0.1, 0.15) is 31.1 Å². The van der Waals surface area contributed by atoms with Crippen molar-refractivity contribution in [3.8, 4) is 5.75 Å². The summed E-state index contributed by atoms with van der Waals surface area (Å²) in [6, 6.07) is 10.7. The predicted molar refractivity (Wildman–Crippen MR) is 114 cm³/mol. The molecular weight excluding hydrogens is 440 g/mol. The van der Waals surface area contributed by atoms with Crippen LogP contribution in [-0.2, 0) is 4.74 Å². The van der Waals surface area contributed by atoms with Crippen molar-refractivity contribution in [2.45, 2.75) is 26.4 Å². The lowest BCUT2D eigenvalue weighted by Gasteiger charge is -2.19. The van der Waals surface area contributed by atoms with Gasteiger partial charge in [-0.05, 0) is 54.9 Å². The Balaban J connectivity index is 2.08. The third-order valence-electron chi connectivity index (χ3n) is 3.76. The highest BCUT2D eigenvalue weighted by atomic mass is 79.9. The number of benzene rings is 1. The van der Waals surface area contributed by atoms with Crippen LogP contribution in [0.3, 0.4) is 0 Å². The average Bonchev–Trinajstić information content (AvgIpc) is 2.97. The molecule has 0 saturated carbocycles. The summed E-state index contributed by atoms with van der Waals surface area (Å²) in [5.74, 6) is 0.0317. The summed E-state index contributed by atoms with van der Waals surface area (Å²) in [7, 11) is 1.49. The molecule has 29 heavy (non-hydrogen) atoms. The standard InChI is InChI=1S/C20H21BrN4O4/c1-20(2,3)29-19(27)23-17-15(18(26)22-13-8-6-5-7-9-13)16-14(28-4)10-12(21)11-25(16)24-17/h5-11H,1-4H3,(H,22,26)(H,23,24,27). The molecule has 0 fully saturated rings. The maximum atomic E-state index is 13.1. The Morgan fingerprint density at radius 3 is 2.45 bits per heavy atom. The van der Waals surface area contributed by atoms with Gasteiger partial charge < -0.3 is 14.8 Å². The molecule has 0 unspecified atom stereocenters. The Labute approximate surface area is 176 Å². The number of aromatic nitrogens is 2. The molecule has 8 nitrogen and oxygen atoms in total. The smallest absolute Gasteiger partial charge is 0.413 e. The molecule has 2 N–H and O–H groups in total. The summed E-state index contributed by atoms with van der Waals surface area (Å²) in [5.41, 5.74) is 0.478. The van der Waals surface area contributed by atoms with Crippen molar-refractivity contribution in [1.29, 1.82) is 0 Å². The Morgan fingerprint density at radius 1 is 1.14 bits per heavy atom. The summed E-state index contributed by atoms with van der Waals surface area (Å²) < 4.78 is 12.9. The van der Waals surface area contributed by atoms with E-state index in [9.17, 15) is 9.59 Å². The summed E-state index contributed by atoms with van der Waals surface area (Å²) in [5, 5.41) is 9.73. The molecule has 152 valence electrons. The molecule has 0 saturated heterocycles. The first kappa shape index (κ1) is 20.7. The number of para-hydroxylation sites is 1. The van der Waals surface area contributed by atoms with Crippen LogP contribution < -0.4 is 15.4 Å². The van der Waals surface area contributed by atoms with Gasteiger partial charge in [-0.2, -0.15) is 0 Å². The number of ether oxygens (including phenoxy) is 2. The van der Waals surface area contributed by atoms with E-state index < -0.39 is 17.6 Å². The number of fused-ring (bicyclic) bond motifs is 1. The third kappa shape index (κ3) is 4.86. The molecule has 3 rings (SSSR count). The first-order chi connectivity index (χ1) is 13.7. The third-order valence-corrected chi connectivity index (χ3v) is 4.19. The molecule has 0 spiro atoms. The number of nitrogens with one attached hydrogen (secondary N) is 2. The lowest BCUT2D eigenvalue weighted by atomic mass is 10.2. The number of hydrogen-bond acceptors (Lipinski definition) is 5. The average molecular weight is 461 g/mol. The van der Waals surface area contributed by atoms with Crippen molar-refractivity contribution in [2.75, 3.05) is 17.7 Å². The van der Waals surface area contributed by atoms with Crippen molar-refractivity contribution in [3.05, 3.63) is 52.6 Å². The normalized spacial score (nSPS) is 11.2. The SMILES string of the molecule is COc1cc(Br)cn2nc(NC(=O)OC(C)(C)C)c(C(=O)Nc3ccccc3)c12. The van der Waals surface area contributed by atoms with Gasteiger partial charge in [0, 0.05) is 16.4 Å². The highest BCUT2D eigenvalue weighted by Crippen LogP contribution is 2.32. The zero-order chi connectivity index (χ0) is 21.2. The van der Waals surface area contributed by atoms with Crippen LogP contribution in [0.15, 0.2) is 47.1 Å². The molecule has 9 heteroatoms. The summed E-state index contributed by atoms with van der Waals surface area (Å²) >= 11 is 3.39. The van der Waals surface area contributed by atoms with E-state index in [0.29, 0.717) is 21.4 Å². The number of carbonyl (C=O) groups is 2. The molecule has 0 aliphatic carbocycles. The van der Waals surface area contributed by atoms with E-state index in [2.05, 4.69) is 31.7 Å². The maximum absolute atomic E-state index is 13.1. The summed E-state index contributed by atoms with van der Waals surface area (Å²) in [6.45, 7) is 5.25. The number of rotatable bonds is 4. The highest BCUT2D eigenvalue weighted by Gasteiger charge is 2.26. The first-order valence-corrected chi connectivity index (χ1v) is 9.59. The molecule has 0 aliphatic heterocycles. The van der Waals surface area contributed by atoms with Crippen molar-refractivity contribution < 1.29 is 19.1 Å². The first-order valence-electron chi connectivity index (χ1n) is 8.80. The predicted octanol–water partition coefficient (Wildman–Crippen LogP) is 4.70. The molecule has 2 heterocycles. The van der Waals surface area contributed by atoms with Crippen LogP contribution in [0.25, 0.3) is 5.52 Å². The lowest BCUT2D eigenvalue weighted by molar-refractivity contribution is 0.0635. The van der Waals surface area contributed by atoms with Gasteiger partial charge in [0.15, 0.2) is 5.82 Å². The fourth-order valence-corrected chi connectivity index (χ4v) is 3.09. The van der Waals surface area contributed by atoms with Gasteiger partial charge in [-0.25, -0.2) is 9.31 Å². The van der Waals surface area contributed by atoms with Gasteiger partial charge in [-0.15, -0.1) is 5.10 Å². The van der Waals surface area contributed by atoms with Gasteiger partial charge in [-0.1, -0.05) is 18.2 Å². The van der Waals surface area contributed by atoms with E-state index in [0.717, 1.165) is 0 Å². The maximum Gasteiger partial charge on any atom is 0.413 e. The Hall–Kier alpha value is -3.07. The quantitative estimate of drug-likeness (QED) is 0.587. The molecular formula is C20H21BrN4O4. The Morgan fingerprint density at radius 2 is 1.83 bits per heavy atom. The Kier molecular flexibility index (Phi) is 5.78. The minimum Gasteiger partial charge on any atom is -0.494 e. The number of nitrogens with zero attached hydrogens (tertiary/aromatic N) is 2. The van der Waals surface area contributed by atoms with Crippen LogP contribution in [0, 0.1) is 0 Å². The van der Waals surface area contributed by atoms with E-state index in [1.165, 1.54) is 11.6 Å². The molecule has 0 atom stereocenters. The zero-order valence-electron chi connectivity index (χ0n) is 16.4. The van der Waals surface area contributed by atoms with Crippen molar-refractivity contribution in [2.24, 2.45) is 0 Å². The minimum atomic E-state index is -0.715. The Bertz CT molecular complexity index is 1060. The fourth-order valence-electron chi connectivity index (χ4n) is 2.69. The van der Waals surface area contributed by atoms with E-state index in [-0.39, 0.29) is 11.4 Å². The number of amides is 2. The van der Waals surface area contributed by atoms with Crippen LogP contribution in [0.5, 0.6) is 5.75 Å². The number of anilines is 2. The van der Waals surface area contributed by atoms with Gasteiger partial charge in [0.2, 0.25) is 0 Å². The number of carbonyl (C=O) groups excluding carboxylic acids is 2. The number of hydrogen-bond donors (Lipinski definition) is 2. The number of methoxy groups -OCH3 is 1. The van der Waals surface area contributed by atoms with Crippen molar-refractivity contribution in [1.82, 2.24) is 9.61 Å². The van der Waals surface area contributed by atoms with Gasteiger partial charge in [0.05, 0.1) is 7.11 Å². The van der Waals surface area contributed by atoms with Crippen LogP contribution in [-0.4, -0.2) is 34.3 Å². The molecule has 3 aromatic rings. The summed E-state index contributed by atoms with van der Waals surface area (Å²) in [4.78, 5) is 25.4. The van der Waals surface area contributed by atoms with Gasteiger partial charge in [-0.3, -0.25) is 10.1 Å². The zero-order valence-corrected chi connectivity index (χ0v) is 18.0. The monoisotopic (exact) mass is 460 g/mol. The van der Waals surface area contributed by atoms with Crippen molar-refractivity contribution in [3.63, 3.8) is 0 Å². The topological polar surface area (TPSA) is 94.0 Å². The minimum absolute atomic E-state index is 0.0593. The summed E-state index contributed by atoms with van der Waals surface area (Å²) in [6.07, 6.45) is 0.949. The molecule has 0 bridgehead atoms. The number of pyridine rings is 1. The van der Waals surface area contributed by atoms with E-state index in [4.69, 9.17) is 9.47 Å². The molecule has 2 aromatic heterocycles. The van der Waals surface area contributed by atoms with E-state index in [1.54, 1.807) is 45.2 Å². The highest BCUT2D eigenvalue weighted by molar-refractivity contribution is 9.10. The molecule has 0 radical (unpaired) electrons. The van der Waals surface area contributed by atoms with Gasteiger partial charge in [0.1, 0.15) is 22.4 Å².